The Balaban J connectivity index is 1.99. The van der Waals surface area contributed by atoms with Crippen molar-refractivity contribution in [2.75, 3.05) is 50.1 Å². The first-order chi connectivity index (χ1) is 8.06. The molecule has 0 aliphatic carbocycles. The molecule has 1 unspecified atom stereocenters. The third-order valence-corrected chi connectivity index (χ3v) is 3.53. The molecule has 1 aliphatic heterocycles. The standard InChI is InChI=1S/C13H22N4/c1-16-6-5-10(8-16)9-17(2)11-3-4-12(14)13(15)7-11/h3-4,7,10H,5-6,8-9,14-15H2,1-2H3. The van der Waals surface area contributed by atoms with Crippen LogP contribution in [0.1, 0.15) is 6.42 Å². The number of nitrogens with zero attached hydrogens (tertiary/aromatic N) is 2. The summed E-state index contributed by atoms with van der Waals surface area (Å²) in [6.45, 7) is 3.48. The molecule has 0 amide bonds. The van der Waals surface area contributed by atoms with Gasteiger partial charge in [0.2, 0.25) is 0 Å². The molecule has 1 aliphatic rings. The molecule has 0 radical (unpaired) electrons. The molecular formula is C13H22N4. The van der Waals surface area contributed by atoms with E-state index in [0.717, 1.165) is 18.2 Å². The molecule has 1 heterocycles. The lowest BCUT2D eigenvalue weighted by Crippen LogP contribution is -2.27. The van der Waals surface area contributed by atoms with E-state index in [4.69, 9.17) is 11.5 Å². The maximum atomic E-state index is 5.83. The maximum absolute atomic E-state index is 5.83. The van der Waals surface area contributed by atoms with Gasteiger partial charge >= 0.3 is 0 Å². The van der Waals surface area contributed by atoms with E-state index in [2.05, 4.69) is 23.9 Å². The van der Waals surface area contributed by atoms with Gasteiger partial charge in [0.05, 0.1) is 11.4 Å². The Morgan fingerprint density at radius 3 is 2.71 bits per heavy atom. The van der Waals surface area contributed by atoms with Crippen LogP contribution < -0.4 is 16.4 Å². The van der Waals surface area contributed by atoms with E-state index in [-0.39, 0.29) is 0 Å². The first-order valence-electron chi connectivity index (χ1n) is 6.11. The Labute approximate surface area is 103 Å². The average molecular weight is 234 g/mol. The van der Waals surface area contributed by atoms with Crippen molar-refractivity contribution in [2.24, 2.45) is 5.92 Å². The predicted octanol–water partition coefficient (Wildman–Crippen LogP) is 1.24. The third-order valence-electron chi connectivity index (χ3n) is 3.53. The fraction of sp³-hybridized carbons (Fsp3) is 0.538. The molecule has 0 aromatic heterocycles. The van der Waals surface area contributed by atoms with Crippen LogP contribution in [0.4, 0.5) is 17.1 Å². The summed E-state index contributed by atoms with van der Waals surface area (Å²) in [6, 6.07) is 5.86. The second-order valence-corrected chi connectivity index (χ2v) is 5.11. The van der Waals surface area contributed by atoms with Gasteiger partial charge in [-0.15, -0.1) is 0 Å². The maximum Gasteiger partial charge on any atom is 0.0568 e. The number of nitrogens with two attached hydrogens (primary N) is 2. The minimum Gasteiger partial charge on any atom is -0.397 e. The molecule has 1 atom stereocenters. The Morgan fingerprint density at radius 2 is 2.12 bits per heavy atom. The van der Waals surface area contributed by atoms with Crippen LogP contribution in [0.5, 0.6) is 0 Å². The molecular weight excluding hydrogens is 212 g/mol. The largest absolute Gasteiger partial charge is 0.397 e. The van der Waals surface area contributed by atoms with Crippen LogP contribution in [-0.4, -0.2) is 38.6 Å². The minimum absolute atomic E-state index is 0.655. The molecule has 4 N–H and O–H groups in total. The molecule has 94 valence electrons. The Morgan fingerprint density at radius 1 is 1.35 bits per heavy atom. The van der Waals surface area contributed by atoms with Crippen molar-refractivity contribution in [3.05, 3.63) is 18.2 Å². The smallest absolute Gasteiger partial charge is 0.0568 e. The van der Waals surface area contributed by atoms with E-state index in [1.54, 1.807) is 0 Å². The van der Waals surface area contributed by atoms with Gasteiger partial charge in [-0.05, 0) is 44.1 Å². The Hall–Kier alpha value is -1.42. The average Bonchev–Trinajstić information content (AvgIpc) is 2.68. The van der Waals surface area contributed by atoms with Crippen molar-refractivity contribution in [1.82, 2.24) is 4.90 Å². The van der Waals surface area contributed by atoms with Gasteiger partial charge in [-0.2, -0.15) is 0 Å². The molecule has 0 saturated carbocycles. The van der Waals surface area contributed by atoms with Gasteiger partial charge in [0.15, 0.2) is 0 Å². The third kappa shape index (κ3) is 2.82. The molecule has 1 aromatic carbocycles. The van der Waals surface area contributed by atoms with Crippen molar-refractivity contribution in [3.63, 3.8) is 0 Å². The van der Waals surface area contributed by atoms with Crippen molar-refractivity contribution < 1.29 is 0 Å². The molecule has 4 heteroatoms. The Bertz CT molecular complexity index is 391. The summed E-state index contributed by atoms with van der Waals surface area (Å²) in [5.74, 6) is 0.753. The second kappa shape index (κ2) is 4.84. The SMILES string of the molecule is CN1CCC(CN(C)c2ccc(N)c(N)c2)C1. The summed E-state index contributed by atoms with van der Waals surface area (Å²) in [6.07, 6.45) is 1.28. The molecule has 0 spiro atoms. The lowest BCUT2D eigenvalue weighted by molar-refractivity contribution is 0.396. The van der Waals surface area contributed by atoms with Crippen LogP contribution in [0.3, 0.4) is 0 Å². The van der Waals surface area contributed by atoms with Gasteiger partial charge in [0, 0.05) is 25.8 Å². The lowest BCUT2D eigenvalue weighted by atomic mass is 10.1. The number of rotatable bonds is 3. The molecule has 1 fully saturated rings. The van der Waals surface area contributed by atoms with Gasteiger partial charge in [-0.1, -0.05) is 0 Å². The van der Waals surface area contributed by atoms with Gasteiger partial charge in [-0.25, -0.2) is 0 Å². The first-order valence-corrected chi connectivity index (χ1v) is 6.11. The molecule has 1 aromatic rings. The van der Waals surface area contributed by atoms with Crippen molar-refractivity contribution >= 4 is 17.1 Å². The van der Waals surface area contributed by atoms with Crippen LogP contribution >= 0.6 is 0 Å². The van der Waals surface area contributed by atoms with E-state index in [0.29, 0.717) is 11.4 Å². The highest BCUT2D eigenvalue weighted by molar-refractivity contribution is 5.69. The zero-order valence-corrected chi connectivity index (χ0v) is 10.7. The van der Waals surface area contributed by atoms with E-state index in [1.165, 1.54) is 19.5 Å². The number of hydrogen-bond acceptors (Lipinski definition) is 4. The van der Waals surface area contributed by atoms with E-state index >= 15 is 0 Å². The number of nitrogen functional groups attached to an aromatic ring is 2. The highest BCUT2D eigenvalue weighted by Gasteiger charge is 2.20. The topological polar surface area (TPSA) is 58.5 Å². The normalized spacial score (nSPS) is 20.7. The summed E-state index contributed by atoms with van der Waals surface area (Å²) < 4.78 is 0. The summed E-state index contributed by atoms with van der Waals surface area (Å²) in [5.41, 5.74) is 14.0. The van der Waals surface area contributed by atoms with Crippen LogP contribution in [0.2, 0.25) is 0 Å². The first kappa shape index (κ1) is 12.0. The molecule has 0 bridgehead atoms. The minimum atomic E-state index is 0.655. The monoisotopic (exact) mass is 234 g/mol. The van der Waals surface area contributed by atoms with Gasteiger partial charge in [0.1, 0.15) is 0 Å². The molecule has 2 rings (SSSR count). The fourth-order valence-corrected chi connectivity index (χ4v) is 2.47. The summed E-state index contributed by atoms with van der Waals surface area (Å²) in [5, 5.41) is 0. The van der Waals surface area contributed by atoms with Crippen LogP contribution in [-0.2, 0) is 0 Å². The molecule has 4 nitrogen and oxygen atoms in total. The van der Waals surface area contributed by atoms with Gasteiger partial charge < -0.3 is 21.3 Å². The fourth-order valence-electron chi connectivity index (χ4n) is 2.47. The van der Waals surface area contributed by atoms with Crippen molar-refractivity contribution in [3.8, 4) is 0 Å². The number of hydrogen-bond donors (Lipinski definition) is 2. The van der Waals surface area contributed by atoms with E-state index < -0.39 is 0 Å². The van der Waals surface area contributed by atoms with Crippen molar-refractivity contribution in [1.29, 1.82) is 0 Å². The van der Waals surface area contributed by atoms with Crippen LogP contribution in [0.15, 0.2) is 18.2 Å². The number of anilines is 3. The predicted molar refractivity (Wildman–Crippen MR) is 74.1 cm³/mol. The van der Waals surface area contributed by atoms with Crippen LogP contribution in [0, 0.1) is 5.92 Å². The quantitative estimate of drug-likeness (QED) is 0.773. The molecule has 17 heavy (non-hydrogen) atoms. The highest BCUT2D eigenvalue weighted by atomic mass is 15.2. The zero-order valence-electron chi connectivity index (χ0n) is 10.7. The Kier molecular flexibility index (Phi) is 3.43. The van der Waals surface area contributed by atoms with Gasteiger partial charge in [0.25, 0.3) is 0 Å². The lowest BCUT2D eigenvalue weighted by Gasteiger charge is -2.23. The van der Waals surface area contributed by atoms with Gasteiger partial charge in [-0.3, -0.25) is 0 Å². The summed E-state index contributed by atoms with van der Waals surface area (Å²) >= 11 is 0. The van der Waals surface area contributed by atoms with Crippen molar-refractivity contribution in [2.45, 2.75) is 6.42 Å². The molecule has 1 saturated heterocycles. The second-order valence-electron chi connectivity index (χ2n) is 5.11. The summed E-state index contributed by atoms with van der Waals surface area (Å²) in [4.78, 5) is 4.65. The summed E-state index contributed by atoms with van der Waals surface area (Å²) in [7, 11) is 4.30. The van der Waals surface area contributed by atoms with E-state index in [9.17, 15) is 0 Å². The highest BCUT2D eigenvalue weighted by Crippen LogP contribution is 2.24. The van der Waals surface area contributed by atoms with E-state index in [1.807, 2.05) is 18.2 Å². The number of likely N-dealkylation sites (tertiary alicyclic amines) is 1. The zero-order chi connectivity index (χ0) is 12.4. The van der Waals surface area contributed by atoms with Crippen LogP contribution in [0.25, 0.3) is 0 Å². The number of benzene rings is 1.